The number of carbonyl (C=O) groups is 4. The average molecular weight is 579 g/mol. The standard InChI is InChI=1S/C27H46N8O6/c1-16(2)14-22(26(40)41)35-25(39)21(15-17-8-10-18(36)11-9-17)34-24(38)20(7-5-13-32-27(30)31)33-23(37)19(29)6-3-4-12-28/h8-11,16,19-22,36H,3-7,12-15,28-29H2,1-2H3,(H,33,37)(H,34,38)(H,35,39)(H,40,41)(H4,30,31,32). The third-order valence-corrected chi connectivity index (χ3v) is 6.22. The number of phenols is 1. The zero-order chi connectivity index (χ0) is 30.9. The van der Waals surface area contributed by atoms with Crippen molar-refractivity contribution in [1.29, 1.82) is 0 Å². The topological polar surface area (TPSA) is 261 Å². The molecule has 0 aliphatic carbocycles. The van der Waals surface area contributed by atoms with Gasteiger partial charge in [-0.05, 0) is 62.3 Å². The van der Waals surface area contributed by atoms with Gasteiger partial charge in [0.05, 0.1) is 6.04 Å². The second-order valence-corrected chi connectivity index (χ2v) is 10.4. The van der Waals surface area contributed by atoms with E-state index in [-0.39, 0.29) is 43.4 Å². The number of rotatable bonds is 19. The summed E-state index contributed by atoms with van der Waals surface area (Å²) in [5.41, 5.74) is 22.9. The summed E-state index contributed by atoms with van der Waals surface area (Å²) in [5.74, 6) is -3.21. The van der Waals surface area contributed by atoms with Gasteiger partial charge in [-0.3, -0.25) is 19.4 Å². The van der Waals surface area contributed by atoms with E-state index in [2.05, 4.69) is 20.9 Å². The summed E-state index contributed by atoms with van der Waals surface area (Å²) in [6.07, 6.45) is 2.38. The minimum Gasteiger partial charge on any atom is -0.508 e. The molecule has 41 heavy (non-hydrogen) atoms. The molecule has 0 saturated carbocycles. The highest BCUT2D eigenvalue weighted by Crippen LogP contribution is 2.13. The van der Waals surface area contributed by atoms with Crippen LogP contribution in [0.15, 0.2) is 29.3 Å². The molecule has 4 atom stereocenters. The van der Waals surface area contributed by atoms with Gasteiger partial charge in [-0.1, -0.05) is 32.4 Å². The van der Waals surface area contributed by atoms with Gasteiger partial charge in [-0.2, -0.15) is 0 Å². The van der Waals surface area contributed by atoms with Crippen LogP contribution in [0.2, 0.25) is 0 Å². The lowest BCUT2D eigenvalue weighted by atomic mass is 10.0. The summed E-state index contributed by atoms with van der Waals surface area (Å²) in [6.45, 7) is 4.33. The van der Waals surface area contributed by atoms with E-state index in [0.717, 1.165) is 0 Å². The summed E-state index contributed by atoms with van der Waals surface area (Å²) in [6, 6.07) is 1.75. The number of hydrogen-bond acceptors (Lipinski definition) is 8. The predicted molar refractivity (Wildman–Crippen MR) is 155 cm³/mol. The summed E-state index contributed by atoms with van der Waals surface area (Å²) in [5, 5.41) is 27.1. The first-order valence-corrected chi connectivity index (χ1v) is 13.8. The van der Waals surface area contributed by atoms with Crippen LogP contribution in [0.1, 0.15) is 57.9 Å². The van der Waals surface area contributed by atoms with E-state index >= 15 is 0 Å². The largest absolute Gasteiger partial charge is 0.508 e. The van der Waals surface area contributed by atoms with E-state index in [4.69, 9.17) is 22.9 Å². The van der Waals surface area contributed by atoms with Crippen LogP contribution in [0.25, 0.3) is 0 Å². The zero-order valence-electron chi connectivity index (χ0n) is 23.8. The van der Waals surface area contributed by atoms with Crippen LogP contribution in [0.5, 0.6) is 5.75 Å². The van der Waals surface area contributed by atoms with Crippen LogP contribution in [-0.2, 0) is 25.6 Å². The Morgan fingerprint density at radius 1 is 0.854 bits per heavy atom. The molecule has 0 bridgehead atoms. The van der Waals surface area contributed by atoms with Crippen LogP contribution in [0.4, 0.5) is 0 Å². The lowest BCUT2D eigenvalue weighted by molar-refractivity contribution is -0.142. The number of aromatic hydroxyl groups is 1. The quantitative estimate of drug-likeness (QED) is 0.0551. The van der Waals surface area contributed by atoms with Crippen molar-refractivity contribution in [2.75, 3.05) is 13.1 Å². The number of aliphatic carboxylic acids is 1. The number of nitrogens with two attached hydrogens (primary N) is 4. The number of unbranched alkanes of at least 4 members (excludes halogenated alkanes) is 1. The Hall–Kier alpha value is -3.91. The molecule has 0 heterocycles. The average Bonchev–Trinajstić information content (AvgIpc) is 2.90. The van der Waals surface area contributed by atoms with Crippen molar-refractivity contribution < 1.29 is 29.4 Å². The monoisotopic (exact) mass is 578 g/mol. The summed E-state index contributed by atoms with van der Waals surface area (Å²) in [7, 11) is 0. The lowest BCUT2D eigenvalue weighted by Crippen LogP contribution is -2.57. The molecule has 14 nitrogen and oxygen atoms in total. The first kappa shape index (κ1) is 35.1. The fraction of sp³-hybridized carbons (Fsp3) is 0.593. The molecule has 3 amide bonds. The van der Waals surface area contributed by atoms with Crippen molar-refractivity contribution in [3.8, 4) is 5.75 Å². The maximum absolute atomic E-state index is 13.4. The van der Waals surface area contributed by atoms with Crippen LogP contribution >= 0.6 is 0 Å². The lowest BCUT2D eigenvalue weighted by Gasteiger charge is -2.26. The van der Waals surface area contributed by atoms with Crippen molar-refractivity contribution in [2.45, 2.75) is 83.0 Å². The van der Waals surface area contributed by atoms with E-state index in [9.17, 15) is 29.4 Å². The minimum absolute atomic E-state index is 0.000853. The van der Waals surface area contributed by atoms with Crippen LogP contribution in [0, 0.1) is 5.92 Å². The van der Waals surface area contributed by atoms with Gasteiger partial charge in [0.25, 0.3) is 0 Å². The molecule has 0 aromatic heterocycles. The number of nitrogens with one attached hydrogen (secondary N) is 3. The smallest absolute Gasteiger partial charge is 0.326 e. The number of phenolic OH excluding ortho intramolecular Hbond substituents is 1. The number of aliphatic imine (C=N–C) groups is 1. The Bertz CT molecular complexity index is 1010. The third kappa shape index (κ3) is 14.3. The Labute approximate surface area is 240 Å². The second-order valence-electron chi connectivity index (χ2n) is 10.4. The predicted octanol–water partition coefficient (Wildman–Crippen LogP) is -0.970. The van der Waals surface area contributed by atoms with Crippen molar-refractivity contribution in [3.63, 3.8) is 0 Å². The van der Waals surface area contributed by atoms with Gasteiger partial charge in [-0.25, -0.2) is 4.79 Å². The van der Waals surface area contributed by atoms with Gasteiger partial charge < -0.3 is 49.1 Å². The van der Waals surface area contributed by atoms with Crippen molar-refractivity contribution in [1.82, 2.24) is 16.0 Å². The third-order valence-electron chi connectivity index (χ3n) is 6.22. The molecule has 1 rings (SSSR count). The Morgan fingerprint density at radius 2 is 1.44 bits per heavy atom. The normalized spacial score (nSPS) is 13.9. The number of hydrogen-bond donors (Lipinski definition) is 9. The highest BCUT2D eigenvalue weighted by Gasteiger charge is 2.30. The zero-order valence-corrected chi connectivity index (χ0v) is 23.8. The van der Waals surface area contributed by atoms with Crippen LogP contribution in [0.3, 0.4) is 0 Å². The first-order valence-electron chi connectivity index (χ1n) is 13.8. The van der Waals surface area contributed by atoms with Crippen LogP contribution < -0.4 is 38.9 Å². The summed E-state index contributed by atoms with van der Waals surface area (Å²) < 4.78 is 0. The first-order chi connectivity index (χ1) is 19.3. The van der Waals surface area contributed by atoms with Gasteiger partial charge in [-0.15, -0.1) is 0 Å². The molecule has 0 aliphatic heterocycles. The molecular formula is C27H46N8O6. The number of benzene rings is 1. The molecule has 1 aromatic rings. The molecule has 230 valence electrons. The Morgan fingerprint density at radius 3 is 2.00 bits per heavy atom. The molecule has 0 saturated heterocycles. The number of carboxylic acid groups (broad SMARTS) is 1. The Balaban J connectivity index is 3.17. The number of amides is 3. The second kappa shape index (κ2) is 18.4. The number of nitrogens with zero attached hydrogens (tertiary/aromatic N) is 1. The molecule has 13 N–H and O–H groups in total. The van der Waals surface area contributed by atoms with Gasteiger partial charge in [0, 0.05) is 13.0 Å². The molecule has 0 spiro atoms. The van der Waals surface area contributed by atoms with Crippen molar-refractivity contribution in [3.05, 3.63) is 29.8 Å². The van der Waals surface area contributed by atoms with Crippen molar-refractivity contribution >= 4 is 29.7 Å². The molecular weight excluding hydrogens is 532 g/mol. The van der Waals surface area contributed by atoms with Crippen LogP contribution in [-0.4, -0.2) is 77.1 Å². The van der Waals surface area contributed by atoms with Gasteiger partial charge in [0.1, 0.15) is 23.9 Å². The Kier molecular flexibility index (Phi) is 15.8. The van der Waals surface area contributed by atoms with E-state index < -0.39 is 47.9 Å². The maximum atomic E-state index is 13.4. The van der Waals surface area contributed by atoms with E-state index in [1.165, 1.54) is 12.1 Å². The van der Waals surface area contributed by atoms with E-state index in [1.807, 2.05) is 13.8 Å². The SMILES string of the molecule is CC(C)CC(NC(=O)C(Cc1ccc(O)cc1)NC(=O)C(CCCN=C(N)N)NC(=O)C(N)CCCCN)C(=O)O. The maximum Gasteiger partial charge on any atom is 0.326 e. The number of carboxylic acids is 1. The van der Waals surface area contributed by atoms with Gasteiger partial charge in [0.2, 0.25) is 17.7 Å². The van der Waals surface area contributed by atoms with Crippen molar-refractivity contribution in [2.24, 2.45) is 33.8 Å². The van der Waals surface area contributed by atoms with Gasteiger partial charge in [0.15, 0.2) is 5.96 Å². The fourth-order valence-corrected chi connectivity index (χ4v) is 4.01. The summed E-state index contributed by atoms with van der Waals surface area (Å²) in [4.78, 5) is 55.2. The van der Waals surface area contributed by atoms with Gasteiger partial charge >= 0.3 is 5.97 Å². The number of guanidine groups is 1. The summed E-state index contributed by atoms with van der Waals surface area (Å²) >= 11 is 0. The highest BCUT2D eigenvalue weighted by molar-refractivity contribution is 5.94. The van der Waals surface area contributed by atoms with E-state index in [1.54, 1.807) is 12.1 Å². The molecule has 0 radical (unpaired) electrons. The number of carbonyl (C=O) groups excluding carboxylic acids is 3. The highest BCUT2D eigenvalue weighted by atomic mass is 16.4. The van der Waals surface area contributed by atoms with E-state index in [0.29, 0.717) is 37.8 Å². The fourth-order valence-electron chi connectivity index (χ4n) is 4.01. The molecule has 0 aliphatic rings. The minimum atomic E-state index is -1.20. The molecule has 1 aromatic carbocycles. The molecule has 0 fully saturated rings. The molecule has 14 heteroatoms. The molecule has 4 unspecified atom stereocenters.